The van der Waals surface area contributed by atoms with Gasteiger partial charge < -0.3 is 0 Å². The predicted molar refractivity (Wildman–Crippen MR) is 88.9 cm³/mol. The van der Waals surface area contributed by atoms with Gasteiger partial charge in [0.25, 0.3) is 0 Å². The van der Waals surface area contributed by atoms with Crippen molar-refractivity contribution in [2.75, 3.05) is 24.6 Å². The largest absolute Gasteiger partial charge is 0.297 e. The first-order valence-corrected chi connectivity index (χ1v) is 8.58. The van der Waals surface area contributed by atoms with E-state index in [2.05, 4.69) is 4.90 Å². The number of hydrogen-bond acceptors (Lipinski definition) is 3. The van der Waals surface area contributed by atoms with Gasteiger partial charge in [0.15, 0.2) is 5.78 Å². The second kappa shape index (κ2) is 7.07. The van der Waals surface area contributed by atoms with Crippen molar-refractivity contribution in [3.63, 3.8) is 0 Å². The molecule has 0 unspecified atom stereocenters. The van der Waals surface area contributed by atoms with Crippen LogP contribution in [0.4, 0.5) is 4.39 Å². The highest BCUT2D eigenvalue weighted by atomic mass is 32.2. The lowest BCUT2D eigenvalue weighted by Crippen LogP contribution is -2.32. The van der Waals surface area contributed by atoms with Crippen LogP contribution in [-0.2, 0) is 6.54 Å². The minimum Gasteiger partial charge on any atom is -0.297 e. The van der Waals surface area contributed by atoms with Gasteiger partial charge in [-0.15, -0.1) is 0 Å². The minimum absolute atomic E-state index is 0.143. The summed E-state index contributed by atoms with van der Waals surface area (Å²) in [5.74, 6) is 1.56. The summed E-state index contributed by atoms with van der Waals surface area (Å²) in [4.78, 5) is 15.0. The summed E-state index contributed by atoms with van der Waals surface area (Å²) in [6.45, 7) is 2.82. The third-order valence-electron chi connectivity index (χ3n) is 3.88. The molecule has 4 heteroatoms. The van der Waals surface area contributed by atoms with Gasteiger partial charge in [0.1, 0.15) is 5.82 Å². The summed E-state index contributed by atoms with van der Waals surface area (Å²) in [6, 6.07) is 13.7. The molecule has 0 atom stereocenters. The van der Waals surface area contributed by atoms with Gasteiger partial charge >= 0.3 is 0 Å². The molecule has 2 aromatic rings. The molecule has 1 aliphatic heterocycles. The van der Waals surface area contributed by atoms with Crippen LogP contribution in [-0.4, -0.2) is 35.3 Å². The first-order valence-electron chi connectivity index (χ1n) is 7.43. The highest BCUT2D eigenvalue weighted by molar-refractivity contribution is 7.99. The zero-order chi connectivity index (χ0) is 15.4. The molecular formula is C18H18FNOS. The van der Waals surface area contributed by atoms with Crippen LogP contribution in [0, 0.1) is 5.82 Å². The van der Waals surface area contributed by atoms with Crippen LogP contribution >= 0.6 is 11.8 Å². The van der Waals surface area contributed by atoms with E-state index < -0.39 is 5.82 Å². The lowest BCUT2D eigenvalue weighted by atomic mass is 9.97. The summed E-state index contributed by atoms with van der Waals surface area (Å²) in [7, 11) is 0. The number of carbonyl (C=O) groups is 1. The topological polar surface area (TPSA) is 20.3 Å². The molecule has 2 nitrogen and oxygen atoms in total. The number of thioether (sulfide) groups is 1. The predicted octanol–water partition coefficient (Wildman–Crippen LogP) is 3.61. The summed E-state index contributed by atoms with van der Waals surface area (Å²) < 4.78 is 13.9. The fourth-order valence-electron chi connectivity index (χ4n) is 2.67. The number of nitrogens with zero attached hydrogens (tertiary/aromatic N) is 1. The van der Waals surface area contributed by atoms with Crippen molar-refractivity contribution in [2.24, 2.45) is 0 Å². The maximum Gasteiger partial charge on any atom is 0.196 e. The van der Waals surface area contributed by atoms with Crippen molar-refractivity contribution in [3.8, 4) is 0 Å². The average molecular weight is 315 g/mol. The Bertz CT molecular complexity index is 668. The van der Waals surface area contributed by atoms with E-state index in [0.29, 0.717) is 5.56 Å². The van der Waals surface area contributed by atoms with Gasteiger partial charge in [-0.3, -0.25) is 9.69 Å². The summed E-state index contributed by atoms with van der Waals surface area (Å²) in [6.07, 6.45) is 0. The van der Waals surface area contributed by atoms with E-state index in [4.69, 9.17) is 0 Å². The Labute approximate surface area is 134 Å². The Kier molecular flexibility index (Phi) is 4.90. The van der Waals surface area contributed by atoms with Gasteiger partial charge in [0, 0.05) is 36.7 Å². The third kappa shape index (κ3) is 3.39. The van der Waals surface area contributed by atoms with Crippen molar-refractivity contribution < 1.29 is 9.18 Å². The first-order chi connectivity index (χ1) is 10.8. The first kappa shape index (κ1) is 15.3. The van der Waals surface area contributed by atoms with Crippen LogP contribution in [0.15, 0.2) is 48.5 Å². The molecule has 0 radical (unpaired) electrons. The van der Waals surface area contributed by atoms with Crippen molar-refractivity contribution >= 4 is 17.5 Å². The molecule has 2 aromatic carbocycles. The number of carbonyl (C=O) groups excluding carboxylic acids is 1. The smallest absolute Gasteiger partial charge is 0.196 e. The minimum atomic E-state index is -0.461. The van der Waals surface area contributed by atoms with Gasteiger partial charge in [-0.2, -0.15) is 11.8 Å². The average Bonchev–Trinajstić information content (AvgIpc) is 2.56. The molecule has 1 aliphatic rings. The van der Waals surface area contributed by atoms with Crippen LogP contribution in [0.1, 0.15) is 21.5 Å². The number of benzene rings is 2. The number of rotatable bonds is 4. The van der Waals surface area contributed by atoms with Crippen molar-refractivity contribution in [2.45, 2.75) is 6.54 Å². The van der Waals surface area contributed by atoms with E-state index in [1.165, 1.54) is 6.07 Å². The van der Waals surface area contributed by atoms with E-state index >= 15 is 0 Å². The molecule has 0 N–H and O–H groups in total. The molecule has 114 valence electrons. The molecular weight excluding hydrogens is 297 g/mol. The van der Waals surface area contributed by atoms with Crippen LogP contribution in [0.3, 0.4) is 0 Å². The third-order valence-corrected chi connectivity index (χ3v) is 4.82. The molecule has 3 rings (SSSR count). The molecule has 0 bridgehead atoms. The van der Waals surface area contributed by atoms with Gasteiger partial charge in [-0.1, -0.05) is 36.4 Å². The lowest BCUT2D eigenvalue weighted by Gasteiger charge is -2.26. The standard InChI is InChI=1S/C18H18FNOS/c19-17-8-4-3-7-16(17)18(21)15-6-2-1-5-14(15)13-20-9-11-22-12-10-20/h1-8H,9-13H2. The second-order valence-corrected chi connectivity index (χ2v) is 6.58. The van der Waals surface area contributed by atoms with Crippen LogP contribution in [0.5, 0.6) is 0 Å². The number of ketones is 1. The Hall–Kier alpha value is -1.65. The van der Waals surface area contributed by atoms with Crippen molar-refractivity contribution in [3.05, 3.63) is 71.0 Å². The summed E-state index contributed by atoms with van der Waals surface area (Å²) >= 11 is 1.96. The number of halogens is 1. The van der Waals surface area contributed by atoms with E-state index in [1.54, 1.807) is 24.3 Å². The highest BCUT2D eigenvalue weighted by Gasteiger charge is 2.18. The summed E-state index contributed by atoms with van der Waals surface area (Å²) in [5.41, 5.74) is 1.72. The van der Waals surface area contributed by atoms with Crippen LogP contribution < -0.4 is 0 Å². The zero-order valence-corrected chi connectivity index (χ0v) is 13.1. The SMILES string of the molecule is O=C(c1ccccc1F)c1ccccc1CN1CCSCC1. The normalized spacial score (nSPS) is 15.7. The summed E-state index contributed by atoms with van der Waals surface area (Å²) in [5, 5.41) is 0. The quantitative estimate of drug-likeness (QED) is 0.804. The lowest BCUT2D eigenvalue weighted by molar-refractivity contribution is 0.103. The molecule has 0 spiro atoms. The molecule has 0 aromatic heterocycles. The van der Waals surface area contributed by atoms with Crippen LogP contribution in [0.2, 0.25) is 0 Å². The Morgan fingerprint density at radius 3 is 2.36 bits per heavy atom. The molecule has 1 heterocycles. The Morgan fingerprint density at radius 1 is 1.00 bits per heavy atom. The molecule has 22 heavy (non-hydrogen) atoms. The van der Waals surface area contributed by atoms with E-state index in [9.17, 15) is 9.18 Å². The van der Waals surface area contributed by atoms with E-state index in [-0.39, 0.29) is 11.3 Å². The van der Waals surface area contributed by atoms with Gasteiger partial charge in [0.05, 0.1) is 5.56 Å². The Morgan fingerprint density at radius 2 is 1.64 bits per heavy atom. The fourth-order valence-corrected chi connectivity index (χ4v) is 3.65. The van der Waals surface area contributed by atoms with Crippen molar-refractivity contribution in [1.82, 2.24) is 4.90 Å². The van der Waals surface area contributed by atoms with E-state index in [1.807, 2.05) is 30.0 Å². The highest BCUT2D eigenvalue weighted by Crippen LogP contribution is 2.20. The van der Waals surface area contributed by atoms with Crippen LogP contribution in [0.25, 0.3) is 0 Å². The molecule has 0 aliphatic carbocycles. The second-order valence-electron chi connectivity index (χ2n) is 5.35. The maximum absolute atomic E-state index is 13.9. The molecule has 1 fully saturated rings. The van der Waals surface area contributed by atoms with Gasteiger partial charge in [0.2, 0.25) is 0 Å². The molecule has 1 saturated heterocycles. The maximum atomic E-state index is 13.9. The Balaban J connectivity index is 1.87. The van der Waals surface area contributed by atoms with Crippen molar-refractivity contribution in [1.29, 1.82) is 0 Å². The number of hydrogen-bond donors (Lipinski definition) is 0. The fraction of sp³-hybridized carbons (Fsp3) is 0.278. The molecule has 0 saturated carbocycles. The monoisotopic (exact) mass is 315 g/mol. The zero-order valence-electron chi connectivity index (χ0n) is 12.3. The van der Waals surface area contributed by atoms with Gasteiger partial charge in [-0.05, 0) is 17.7 Å². The van der Waals surface area contributed by atoms with E-state index in [0.717, 1.165) is 36.7 Å². The van der Waals surface area contributed by atoms with Gasteiger partial charge in [-0.25, -0.2) is 4.39 Å². The molecule has 0 amide bonds.